The fourth-order valence-corrected chi connectivity index (χ4v) is 2.52. The van der Waals surface area contributed by atoms with E-state index in [9.17, 15) is 4.79 Å². The van der Waals surface area contributed by atoms with E-state index in [2.05, 4.69) is 6.92 Å². The molecule has 0 bridgehead atoms. The fraction of sp³-hybridized carbons (Fsp3) is 0.533. The third-order valence-electron chi connectivity index (χ3n) is 3.62. The molecular weight excluding hydrogens is 240 g/mol. The summed E-state index contributed by atoms with van der Waals surface area (Å²) in [6.07, 6.45) is 0.791. The molecule has 0 saturated carbocycles. The number of rotatable bonds is 4. The topological polar surface area (TPSA) is 55.6 Å². The molecule has 1 amide bonds. The van der Waals surface area contributed by atoms with Crippen molar-refractivity contribution in [3.05, 3.63) is 35.9 Å². The summed E-state index contributed by atoms with van der Waals surface area (Å²) in [4.78, 5) is 14.5. The van der Waals surface area contributed by atoms with Crippen LogP contribution in [0.5, 0.6) is 0 Å². The van der Waals surface area contributed by atoms with Crippen LogP contribution < -0.4 is 5.73 Å². The first kappa shape index (κ1) is 14.0. The van der Waals surface area contributed by atoms with Crippen molar-refractivity contribution in [3.63, 3.8) is 0 Å². The Balaban J connectivity index is 2.08. The van der Waals surface area contributed by atoms with Gasteiger partial charge in [-0.2, -0.15) is 0 Å². The van der Waals surface area contributed by atoms with E-state index in [1.807, 2.05) is 35.2 Å². The minimum absolute atomic E-state index is 0.0222. The Morgan fingerprint density at radius 2 is 2.21 bits per heavy atom. The zero-order valence-electron chi connectivity index (χ0n) is 11.4. The molecule has 4 heteroatoms. The highest BCUT2D eigenvalue weighted by Gasteiger charge is 2.28. The Bertz CT molecular complexity index is 408. The third kappa shape index (κ3) is 3.33. The number of hydrogen-bond donors (Lipinski definition) is 1. The Morgan fingerprint density at radius 3 is 2.84 bits per heavy atom. The van der Waals surface area contributed by atoms with E-state index in [0.29, 0.717) is 26.2 Å². The Morgan fingerprint density at radius 1 is 1.47 bits per heavy atom. The van der Waals surface area contributed by atoms with E-state index >= 15 is 0 Å². The summed E-state index contributed by atoms with van der Waals surface area (Å²) < 4.78 is 5.51. The largest absolute Gasteiger partial charge is 0.373 e. The number of nitrogens with zero attached hydrogens (tertiary/aromatic N) is 1. The highest BCUT2D eigenvalue weighted by molar-refractivity contribution is 5.83. The highest BCUT2D eigenvalue weighted by Crippen LogP contribution is 2.23. The molecule has 1 saturated heterocycles. The molecule has 2 N–H and O–H groups in total. The van der Waals surface area contributed by atoms with Crippen LogP contribution in [0, 0.1) is 0 Å². The predicted molar refractivity (Wildman–Crippen MR) is 74.8 cm³/mol. The molecule has 0 aliphatic carbocycles. The van der Waals surface area contributed by atoms with Gasteiger partial charge in [-0.05, 0) is 12.0 Å². The molecule has 1 heterocycles. The van der Waals surface area contributed by atoms with E-state index < -0.39 is 0 Å². The van der Waals surface area contributed by atoms with Crippen LogP contribution in [-0.4, -0.2) is 43.2 Å². The quantitative estimate of drug-likeness (QED) is 0.891. The maximum atomic E-state index is 12.6. The summed E-state index contributed by atoms with van der Waals surface area (Å²) in [5.41, 5.74) is 6.71. The number of carbonyl (C=O) groups is 1. The molecule has 0 spiro atoms. The van der Waals surface area contributed by atoms with Crippen molar-refractivity contribution in [1.29, 1.82) is 0 Å². The minimum Gasteiger partial charge on any atom is -0.373 e. The van der Waals surface area contributed by atoms with Gasteiger partial charge in [-0.3, -0.25) is 4.79 Å². The molecule has 19 heavy (non-hydrogen) atoms. The lowest BCUT2D eigenvalue weighted by atomic mass is 9.94. The van der Waals surface area contributed by atoms with E-state index in [1.54, 1.807) is 0 Å². The van der Waals surface area contributed by atoms with Gasteiger partial charge in [0.25, 0.3) is 0 Å². The fourth-order valence-electron chi connectivity index (χ4n) is 2.52. The third-order valence-corrected chi connectivity index (χ3v) is 3.62. The van der Waals surface area contributed by atoms with E-state index in [-0.39, 0.29) is 17.9 Å². The number of morpholine rings is 1. The number of nitrogens with two attached hydrogens (primary N) is 1. The monoisotopic (exact) mass is 262 g/mol. The second-order valence-electron chi connectivity index (χ2n) is 4.88. The molecule has 0 radical (unpaired) electrons. The lowest BCUT2D eigenvalue weighted by Gasteiger charge is -2.34. The standard InChI is InChI=1S/C15H22N2O2/c1-2-14(12-6-4-3-5-7-12)15(18)17-8-9-19-13(10-16)11-17/h3-7,13-14H,2,8-11,16H2,1H3. The van der Waals surface area contributed by atoms with Crippen molar-refractivity contribution in [2.45, 2.75) is 25.4 Å². The predicted octanol–water partition coefficient (Wildman–Crippen LogP) is 1.37. The van der Waals surface area contributed by atoms with Gasteiger partial charge in [0.2, 0.25) is 5.91 Å². The van der Waals surface area contributed by atoms with Crippen LogP contribution in [0.25, 0.3) is 0 Å². The van der Waals surface area contributed by atoms with Gasteiger partial charge in [0.05, 0.1) is 18.6 Å². The van der Waals surface area contributed by atoms with Crippen molar-refractivity contribution in [2.75, 3.05) is 26.2 Å². The molecule has 1 aromatic carbocycles. The molecule has 1 fully saturated rings. The lowest BCUT2D eigenvalue weighted by Crippen LogP contribution is -2.49. The Kier molecular flexibility index (Phi) is 4.93. The summed E-state index contributed by atoms with van der Waals surface area (Å²) in [7, 11) is 0. The highest BCUT2D eigenvalue weighted by atomic mass is 16.5. The molecule has 4 nitrogen and oxygen atoms in total. The zero-order valence-corrected chi connectivity index (χ0v) is 11.4. The number of amides is 1. The van der Waals surface area contributed by atoms with Gasteiger partial charge in [0.15, 0.2) is 0 Å². The van der Waals surface area contributed by atoms with Crippen LogP contribution in [0.1, 0.15) is 24.8 Å². The molecule has 2 unspecified atom stereocenters. The normalized spacial score (nSPS) is 21.2. The van der Waals surface area contributed by atoms with Gasteiger partial charge >= 0.3 is 0 Å². The second-order valence-corrected chi connectivity index (χ2v) is 4.88. The molecule has 2 atom stereocenters. The van der Waals surface area contributed by atoms with Crippen molar-refractivity contribution in [3.8, 4) is 0 Å². The molecule has 2 rings (SSSR count). The Labute approximate surface area is 114 Å². The van der Waals surface area contributed by atoms with Gasteiger partial charge < -0.3 is 15.4 Å². The molecule has 1 aromatic rings. The summed E-state index contributed by atoms with van der Waals surface area (Å²) in [5, 5.41) is 0. The van der Waals surface area contributed by atoms with Crippen LogP contribution in [0.4, 0.5) is 0 Å². The summed E-state index contributed by atoms with van der Waals surface area (Å²) in [5.74, 6) is 0.133. The van der Waals surface area contributed by atoms with Crippen molar-refractivity contribution in [1.82, 2.24) is 4.90 Å². The van der Waals surface area contributed by atoms with E-state index in [4.69, 9.17) is 10.5 Å². The van der Waals surface area contributed by atoms with Crippen LogP contribution >= 0.6 is 0 Å². The Hall–Kier alpha value is -1.39. The first-order valence-corrected chi connectivity index (χ1v) is 6.91. The van der Waals surface area contributed by atoms with E-state index in [0.717, 1.165) is 12.0 Å². The molecule has 1 aliphatic rings. The number of hydrogen-bond acceptors (Lipinski definition) is 3. The van der Waals surface area contributed by atoms with Crippen molar-refractivity contribution in [2.24, 2.45) is 5.73 Å². The van der Waals surface area contributed by atoms with Crippen LogP contribution in [0.15, 0.2) is 30.3 Å². The average Bonchev–Trinajstić information content (AvgIpc) is 2.49. The summed E-state index contributed by atoms with van der Waals surface area (Å²) >= 11 is 0. The van der Waals surface area contributed by atoms with Gasteiger partial charge in [-0.1, -0.05) is 37.3 Å². The molecule has 1 aliphatic heterocycles. The second kappa shape index (κ2) is 6.68. The molecule has 104 valence electrons. The number of benzene rings is 1. The summed E-state index contributed by atoms with van der Waals surface area (Å²) in [6.45, 7) is 4.37. The lowest BCUT2D eigenvalue weighted by molar-refractivity contribution is -0.140. The minimum atomic E-state index is -0.0577. The summed E-state index contributed by atoms with van der Waals surface area (Å²) in [6, 6.07) is 9.97. The number of ether oxygens (including phenoxy) is 1. The SMILES string of the molecule is CCC(C(=O)N1CCOC(CN)C1)c1ccccc1. The molecule has 0 aromatic heterocycles. The molecular formula is C15H22N2O2. The van der Waals surface area contributed by atoms with Crippen molar-refractivity contribution >= 4 is 5.91 Å². The van der Waals surface area contributed by atoms with Gasteiger partial charge in [0.1, 0.15) is 0 Å². The maximum Gasteiger partial charge on any atom is 0.230 e. The van der Waals surface area contributed by atoms with Crippen LogP contribution in [-0.2, 0) is 9.53 Å². The first-order chi connectivity index (χ1) is 9.26. The van der Waals surface area contributed by atoms with Crippen LogP contribution in [0.3, 0.4) is 0 Å². The first-order valence-electron chi connectivity index (χ1n) is 6.91. The maximum absolute atomic E-state index is 12.6. The van der Waals surface area contributed by atoms with Crippen molar-refractivity contribution < 1.29 is 9.53 Å². The van der Waals surface area contributed by atoms with E-state index in [1.165, 1.54) is 0 Å². The number of carbonyl (C=O) groups excluding carboxylic acids is 1. The average molecular weight is 262 g/mol. The smallest absolute Gasteiger partial charge is 0.230 e. The van der Waals surface area contributed by atoms with Crippen LogP contribution in [0.2, 0.25) is 0 Å². The van der Waals surface area contributed by atoms with Gasteiger partial charge in [-0.25, -0.2) is 0 Å². The zero-order chi connectivity index (χ0) is 13.7. The van der Waals surface area contributed by atoms with Gasteiger partial charge in [-0.15, -0.1) is 0 Å². The van der Waals surface area contributed by atoms with Gasteiger partial charge in [0, 0.05) is 19.6 Å².